The standard InChI is InChI=1S/C15H29N3O/c1-14(2)9-12(10-15(3,4)18-14)17-13(19)7-8-16-11-5-6-11/h11-12,16,18H,5-10H2,1-4H3,(H,17,19). The topological polar surface area (TPSA) is 53.2 Å². The maximum Gasteiger partial charge on any atom is 0.221 e. The zero-order valence-corrected chi connectivity index (χ0v) is 12.8. The van der Waals surface area contributed by atoms with E-state index in [2.05, 4.69) is 43.6 Å². The van der Waals surface area contributed by atoms with Crippen molar-refractivity contribution in [3.8, 4) is 0 Å². The van der Waals surface area contributed by atoms with Crippen molar-refractivity contribution < 1.29 is 4.79 Å². The van der Waals surface area contributed by atoms with Crippen molar-refractivity contribution >= 4 is 5.91 Å². The van der Waals surface area contributed by atoms with Crippen LogP contribution >= 0.6 is 0 Å². The van der Waals surface area contributed by atoms with Crippen LogP contribution in [0.1, 0.15) is 59.8 Å². The lowest BCUT2D eigenvalue weighted by Crippen LogP contribution is -2.62. The summed E-state index contributed by atoms with van der Waals surface area (Å²) in [7, 11) is 0. The molecule has 0 aromatic heterocycles. The van der Waals surface area contributed by atoms with E-state index >= 15 is 0 Å². The molecular formula is C15H29N3O. The number of rotatable bonds is 5. The lowest BCUT2D eigenvalue weighted by atomic mass is 9.79. The van der Waals surface area contributed by atoms with Crippen molar-refractivity contribution in [2.24, 2.45) is 0 Å². The van der Waals surface area contributed by atoms with E-state index in [-0.39, 0.29) is 17.0 Å². The predicted octanol–water partition coefficient (Wildman–Crippen LogP) is 1.55. The third kappa shape index (κ3) is 5.11. The second-order valence-electron chi connectivity index (χ2n) is 7.54. The van der Waals surface area contributed by atoms with Crippen LogP contribution in [0.4, 0.5) is 0 Å². The Morgan fingerprint density at radius 3 is 2.21 bits per heavy atom. The Bertz CT molecular complexity index is 318. The monoisotopic (exact) mass is 267 g/mol. The molecule has 2 fully saturated rings. The van der Waals surface area contributed by atoms with Crippen molar-refractivity contribution in [2.75, 3.05) is 6.54 Å². The summed E-state index contributed by atoms with van der Waals surface area (Å²) in [6, 6.07) is 0.976. The van der Waals surface area contributed by atoms with E-state index in [1.165, 1.54) is 12.8 Å². The van der Waals surface area contributed by atoms with Crippen LogP contribution in [0.15, 0.2) is 0 Å². The molecular weight excluding hydrogens is 238 g/mol. The maximum absolute atomic E-state index is 12.0. The summed E-state index contributed by atoms with van der Waals surface area (Å²) in [6.07, 6.45) is 5.15. The van der Waals surface area contributed by atoms with E-state index in [0.717, 1.165) is 19.4 Å². The predicted molar refractivity (Wildman–Crippen MR) is 78.1 cm³/mol. The van der Waals surface area contributed by atoms with Gasteiger partial charge >= 0.3 is 0 Å². The molecule has 0 unspecified atom stereocenters. The molecule has 1 amide bonds. The zero-order valence-electron chi connectivity index (χ0n) is 12.8. The highest BCUT2D eigenvalue weighted by Crippen LogP contribution is 2.28. The summed E-state index contributed by atoms with van der Waals surface area (Å²) < 4.78 is 0. The summed E-state index contributed by atoms with van der Waals surface area (Å²) >= 11 is 0. The SMILES string of the molecule is CC1(C)CC(NC(=O)CCNC2CC2)CC(C)(C)N1. The summed E-state index contributed by atoms with van der Waals surface area (Å²) in [5.41, 5.74) is 0.178. The number of amides is 1. The van der Waals surface area contributed by atoms with Crippen molar-refractivity contribution in [3.05, 3.63) is 0 Å². The first kappa shape index (κ1) is 14.8. The fourth-order valence-electron chi connectivity index (χ4n) is 3.40. The van der Waals surface area contributed by atoms with Gasteiger partial charge in [-0.2, -0.15) is 0 Å². The lowest BCUT2D eigenvalue weighted by molar-refractivity contribution is -0.122. The molecule has 0 atom stereocenters. The van der Waals surface area contributed by atoms with Crippen LogP contribution in [0, 0.1) is 0 Å². The van der Waals surface area contributed by atoms with Gasteiger partial charge in [0, 0.05) is 36.1 Å². The minimum atomic E-state index is 0.0892. The average Bonchev–Trinajstić information content (AvgIpc) is 2.95. The first-order valence-corrected chi connectivity index (χ1v) is 7.58. The third-order valence-electron chi connectivity index (χ3n) is 3.92. The molecule has 2 rings (SSSR count). The quantitative estimate of drug-likeness (QED) is 0.708. The first-order valence-electron chi connectivity index (χ1n) is 7.58. The molecule has 1 aliphatic carbocycles. The van der Waals surface area contributed by atoms with Crippen LogP contribution in [-0.4, -0.2) is 35.6 Å². The van der Waals surface area contributed by atoms with Crippen LogP contribution in [-0.2, 0) is 4.79 Å². The molecule has 0 aromatic carbocycles. The number of carbonyl (C=O) groups is 1. The van der Waals surface area contributed by atoms with E-state index < -0.39 is 0 Å². The molecule has 0 spiro atoms. The van der Waals surface area contributed by atoms with Crippen LogP contribution in [0.3, 0.4) is 0 Å². The van der Waals surface area contributed by atoms with E-state index in [1.807, 2.05) is 0 Å². The van der Waals surface area contributed by atoms with Gasteiger partial charge in [0.05, 0.1) is 0 Å². The lowest BCUT2D eigenvalue weighted by Gasteiger charge is -2.46. The molecule has 110 valence electrons. The first-order chi connectivity index (χ1) is 8.76. The minimum Gasteiger partial charge on any atom is -0.353 e. The molecule has 4 nitrogen and oxygen atoms in total. The van der Waals surface area contributed by atoms with Gasteiger partial charge in [0.25, 0.3) is 0 Å². The van der Waals surface area contributed by atoms with Crippen molar-refractivity contribution in [2.45, 2.75) is 83.0 Å². The van der Waals surface area contributed by atoms with Gasteiger partial charge in [-0.1, -0.05) is 0 Å². The van der Waals surface area contributed by atoms with Gasteiger partial charge in [0.15, 0.2) is 0 Å². The molecule has 0 radical (unpaired) electrons. The van der Waals surface area contributed by atoms with Crippen molar-refractivity contribution in [1.82, 2.24) is 16.0 Å². The number of carbonyl (C=O) groups excluding carboxylic acids is 1. The highest BCUT2D eigenvalue weighted by molar-refractivity contribution is 5.76. The number of piperidine rings is 1. The molecule has 4 heteroatoms. The van der Waals surface area contributed by atoms with Gasteiger partial charge in [-0.15, -0.1) is 0 Å². The fourth-order valence-corrected chi connectivity index (χ4v) is 3.40. The Morgan fingerprint density at radius 2 is 1.68 bits per heavy atom. The Kier molecular flexibility index (Phi) is 4.21. The molecule has 0 aromatic rings. The average molecular weight is 267 g/mol. The van der Waals surface area contributed by atoms with Gasteiger partial charge < -0.3 is 16.0 Å². The van der Waals surface area contributed by atoms with Gasteiger partial charge in [-0.3, -0.25) is 4.79 Å². The smallest absolute Gasteiger partial charge is 0.221 e. The number of hydrogen-bond acceptors (Lipinski definition) is 3. The molecule has 1 aliphatic heterocycles. The largest absolute Gasteiger partial charge is 0.353 e. The van der Waals surface area contributed by atoms with E-state index in [1.54, 1.807) is 0 Å². The Labute approximate surface area is 117 Å². The highest BCUT2D eigenvalue weighted by Gasteiger charge is 2.38. The fraction of sp³-hybridized carbons (Fsp3) is 0.933. The van der Waals surface area contributed by atoms with Gasteiger partial charge in [0.2, 0.25) is 5.91 Å². The second-order valence-corrected chi connectivity index (χ2v) is 7.54. The van der Waals surface area contributed by atoms with Gasteiger partial charge in [-0.25, -0.2) is 0 Å². The Morgan fingerprint density at radius 1 is 1.11 bits per heavy atom. The Hall–Kier alpha value is -0.610. The van der Waals surface area contributed by atoms with Crippen LogP contribution in [0.2, 0.25) is 0 Å². The van der Waals surface area contributed by atoms with Crippen LogP contribution in [0.5, 0.6) is 0 Å². The Balaban J connectivity index is 1.75. The molecule has 1 heterocycles. The summed E-state index contributed by atoms with van der Waals surface area (Å²) in [6.45, 7) is 9.65. The van der Waals surface area contributed by atoms with Crippen molar-refractivity contribution in [1.29, 1.82) is 0 Å². The highest BCUT2D eigenvalue weighted by atomic mass is 16.1. The normalized spacial score (nSPS) is 26.1. The zero-order chi connectivity index (χ0) is 14.1. The van der Waals surface area contributed by atoms with E-state index in [0.29, 0.717) is 18.5 Å². The van der Waals surface area contributed by atoms with Crippen molar-refractivity contribution in [3.63, 3.8) is 0 Å². The summed E-state index contributed by atoms with van der Waals surface area (Å²) in [4.78, 5) is 12.0. The molecule has 1 saturated heterocycles. The third-order valence-corrected chi connectivity index (χ3v) is 3.92. The van der Waals surface area contributed by atoms with Crippen LogP contribution in [0.25, 0.3) is 0 Å². The molecule has 1 saturated carbocycles. The molecule has 2 aliphatic rings. The van der Waals surface area contributed by atoms with Crippen LogP contribution < -0.4 is 16.0 Å². The molecule has 0 bridgehead atoms. The minimum absolute atomic E-state index is 0.0892. The molecule has 3 N–H and O–H groups in total. The summed E-state index contributed by atoms with van der Waals surface area (Å²) in [5.74, 6) is 0.187. The summed E-state index contributed by atoms with van der Waals surface area (Å²) in [5, 5.41) is 10.2. The number of hydrogen-bond donors (Lipinski definition) is 3. The maximum atomic E-state index is 12.0. The number of nitrogens with one attached hydrogen (secondary N) is 3. The van der Waals surface area contributed by atoms with E-state index in [9.17, 15) is 4.79 Å². The van der Waals surface area contributed by atoms with Gasteiger partial charge in [0.1, 0.15) is 0 Å². The van der Waals surface area contributed by atoms with E-state index in [4.69, 9.17) is 0 Å². The van der Waals surface area contributed by atoms with Gasteiger partial charge in [-0.05, 0) is 53.4 Å². The second kappa shape index (κ2) is 5.41. The molecule has 19 heavy (non-hydrogen) atoms.